The first kappa shape index (κ1) is 10.7. The molecule has 0 saturated heterocycles. The predicted octanol–water partition coefficient (Wildman–Crippen LogP) is 3.57. The molecule has 4 heteroatoms. The summed E-state index contributed by atoms with van der Waals surface area (Å²) in [5.74, 6) is 0. The van der Waals surface area contributed by atoms with Gasteiger partial charge in [-0.1, -0.05) is 24.3 Å². The van der Waals surface area contributed by atoms with Gasteiger partial charge in [-0.25, -0.2) is 0 Å². The fourth-order valence-corrected chi connectivity index (χ4v) is 1.29. The molecule has 0 fully saturated rings. The molecule has 1 heterocycles. The normalized spacial score (nSPS) is 11.4. The van der Waals surface area contributed by atoms with E-state index in [1.54, 1.807) is 24.3 Å². The molecule has 0 atom stereocenters. The topological polar surface area (TPSA) is 12.9 Å². The SMILES string of the molecule is FC(F)(F)c1ccc(-c2cc[c]cc2)nc1. The number of nitrogens with zero attached hydrogens (tertiary/aromatic N) is 1. The minimum absolute atomic E-state index is 0.516. The van der Waals surface area contributed by atoms with Gasteiger partial charge in [-0.15, -0.1) is 0 Å². The first-order valence-corrected chi connectivity index (χ1v) is 4.57. The summed E-state index contributed by atoms with van der Waals surface area (Å²) in [6, 6.07) is 12.1. The summed E-state index contributed by atoms with van der Waals surface area (Å²) >= 11 is 0. The number of hydrogen-bond donors (Lipinski definition) is 0. The highest BCUT2D eigenvalue weighted by molar-refractivity contribution is 5.58. The molecule has 0 aliphatic heterocycles. The van der Waals surface area contributed by atoms with Crippen LogP contribution in [-0.4, -0.2) is 4.98 Å². The van der Waals surface area contributed by atoms with E-state index in [-0.39, 0.29) is 0 Å². The largest absolute Gasteiger partial charge is 0.417 e. The van der Waals surface area contributed by atoms with Crippen molar-refractivity contribution < 1.29 is 13.2 Å². The molecule has 0 saturated carbocycles. The Morgan fingerprint density at radius 2 is 1.69 bits per heavy atom. The zero-order valence-electron chi connectivity index (χ0n) is 8.12. The lowest BCUT2D eigenvalue weighted by Crippen LogP contribution is -2.05. The zero-order chi connectivity index (χ0) is 11.6. The van der Waals surface area contributed by atoms with Crippen LogP contribution in [0.15, 0.2) is 42.6 Å². The molecular weight excluding hydrogens is 215 g/mol. The Morgan fingerprint density at radius 3 is 2.19 bits per heavy atom. The Hall–Kier alpha value is -1.84. The van der Waals surface area contributed by atoms with Crippen LogP contribution < -0.4 is 0 Å². The third-order valence-corrected chi connectivity index (χ3v) is 2.10. The van der Waals surface area contributed by atoms with Crippen LogP contribution in [0.1, 0.15) is 5.56 Å². The second-order valence-electron chi connectivity index (χ2n) is 3.22. The molecule has 1 nitrogen and oxygen atoms in total. The molecule has 0 N–H and O–H groups in total. The minimum atomic E-state index is -4.34. The Bertz CT molecular complexity index is 460. The predicted molar refractivity (Wildman–Crippen MR) is 53.5 cm³/mol. The summed E-state index contributed by atoms with van der Waals surface area (Å²) in [6.45, 7) is 0. The van der Waals surface area contributed by atoms with Crippen LogP contribution in [0.5, 0.6) is 0 Å². The van der Waals surface area contributed by atoms with Crippen LogP contribution in [0.3, 0.4) is 0 Å². The summed E-state index contributed by atoms with van der Waals surface area (Å²) in [4.78, 5) is 3.78. The van der Waals surface area contributed by atoms with Crippen LogP contribution in [0.2, 0.25) is 0 Å². The van der Waals surface area contributed by atoms with E-state index < -0.39 is 11.7 Å². The summed E-state index contributed by atoms with van der Waals surface area (Å²) < 4.78 is 36.8. The van der Waals surface area contributed by atoms with E-state index in [1.165, 1.54) is 6.07 Å². The van der Waals surface area contributed by atoms with Gasteiger partial charge in [-0.3, -0.25) is 4.98 Å². The molecule has 1 radical (unpaired) electrons. The Kier molecular flexibility index (Phi) is 2.64. The number of aromatic nitrogens is 1. The van der Waals surface area contributed by atoms with E-state index >= 15 is 0 Å². The van der Waals surface area contributed by atoms with Gasteiger partial charge in [0.1, 0.15) is 0 Å². The maximum absolute atomic E-state index is 12.3. The highest BCUT2D eigenvalue weighted by atomic mass is 19.4. The number of benzene rings is 1. The molecule has 0 aliphatic rings. The van der Waals surface area contributed by atoms with Gasteiger partial charge in [0.25, 0.3) is 0 Å². The van der Waals surface area contributed by atoms with E-state index in [2.05, 4.69) is 11.1 Å². The molecule has 0 bridgehead atoms. The van der Waals surface area contributed by atoms with Crippen LogP contribution >= 0.6 is 0 Å². The van der Waals surface area contributed by atoms with Crippen molar-refractivity contribution in [1.29, 1.82) is 0 Å². The first-order chi connectivity index (χ1) is 7.57. The van der Waals surface area contributed by atoms with Gasteiger partial charge < -0.3 is 0 Å². The van der Waals surface area contributed by atoms with Crippen molar-refractivity contribution in [2.45, 2.75) is 6.18 Å². The average Bonchev–Trinajstić information content (AvgIpc) is 2.29. The lowest BCUT2D eigenvalue weighted by molar-refractivity contribution is -0.137. The van der Waals surface area contributed by atoms with Crippen molar-refractivity contribution in [3.63, 3.8) is 0 Å². The summed E-state index contributed by atoms with van der Waals surface area (Å²) in [5.41, 5.74) is 0.549. The molecular formula is C12H7F3N. The van der Waals surface area contributed by atoms with Gasteiger partial charge >= 0.3 is 6.18 Å². The van der Waals surface area contributed by atoms with Crippen molar-refractivity contribution in [3.05, 3.63) is 54.2 Å². The lowest BCUT2D eigenvalue weighted by atomic mass is 10.1. The molecule has 0 aliphatic carbocycles. The maximum atomic E-state index is 12.3. The number of hydrogen-bond acceptors (Lipinski definition) is 1. The van der Waals surface area contributed by atoms with E-state index in [0.717, 1.165) is 17.8 Å². The third-order valence-electron chi connectivity index (χ3n) is 2.10. The van der Waals surface area contributed by atoms with Crippen LogP contribution in [-0.2, 0) is 6.18 Å². The molecule has 16 heavy (non-hydrogen) atoms. The van der Waals surface area contributed by atoms with Gasteiger partial charge in [0, 0.05) is 11.8 Å². The molecule has 0 unspecified atom stereocenters. The smallest absolute Gasteiger partial charge is 0.256 e. The van der Waals surface area contributed by atoms with Crippen molar-refractivity contribution in [2.24, 2.45) is 0 Å². The number of alkyl halides is 3. The van der Waals surface area contributed by atoms with Crippen molar-refractivity contribution in [1.82, 2.24) is 4.98 Å². The fraction of sp³-hybridized carbons (Fsp3) is 0.0833. The summed E-state index contributed by atoms with van der Waals surface area (Å²) in [5, 5.41) is 0. The van der Waals surface area contributed by atoms with Crippen LogP contribution in [0.4, 0.5) is 13.2 Å². The van der Waals surface area contributed by atoms with Gasteiger partial charge in [-0.2, -0.15) is 13.2 Å². The van der Waals surface area contributed by atoms with E-state index in [4.69, 9.17) is 0 Å². The maximum Gasteiger partial charge on any atom is 0.417 e. The van der Waals surface area contributed by atoms with Gasteiger partial charge in [0.2, 0.25) is 0 Å². The Labute approximate surface area is 90.6 Å². The Balaban J connectivity index is 2.34. The van der Waals surface area contributed by atoms with Gasteiger partial charge in [-0.05, 0) is 18.2 Å². The van der Waals surface area contributed by atoms with E-state index in [1.807, 2.05) is 0 Å². The van der Waals surface area contributed by atoms with E-state index in [0.29, 0.717) is 5.69 Å². The second-order valence-corrected chi connectivity index (χ2v) is 3.22. The number of pyridine rings is 1. The fourth-order valence-electron chi connectivity index (χ4n) is 1.29. The van der Waals surface area contributed by atoms with Gasteiger partial charge in [0.05, 0.1) is 11.3 Å². The minimum Gasteiger partial charge on any atom is -0.256 e. The number of rotatable bonds is 1. The molecule has 0 spiro atoms. The molecule has 2 rings (SSSR count). The lowest BCUT2D eigenvalue weighted by Gasteiger charge is -2.06. The molecule has 1 aromatic carbocycles. The zero-order valence-corrected chi connectivity index (χ0v) is 8.12. The number of halogens is 3. The molecule has 0 amide bonds. The van der Waals surface area contributed by atoms with E-state index in [9.17, 15) is 13.2 Å². The summed E-state index contributed by atoms with van der Waals surface area (Å²) in [7, 11) is 0. The Morgan fingerprint density at radius 1 is 1.00 bits per heavy atom. The van der Waals surface area contributed by atoms with Gasteiger partial charge in [0.15, 0.2) is 0 Å². The van der Waals surface area contributed by atoms with Crippen molar-refractivity contribution in [2.75, 3.05) is 0 Å². The highest BCUT2D eigenvalue weighted by Crippen LogP contribution is 2.29. The van der Waals surface area contributed by atoms with Crippen LogP contribution in [0, 0.1) is 6.07 Å². The third kappa shape index (κ3) is 2.21. The standard InChI is InChI=1S/C12H7F3N/c13-12(14,15)10-6-7-11(16-8-10)9-4-2-1-3-5-9/h2-8H. The monoisotopic (exact) mass is 222 g/mol. The van der Waals surface area contributed by atoms with Crippen LogP contribution in [0.25, 0.3) is 11.3 Å². The summed E-state index contributed by atoms with van der Waals surface area (Å²) in [6.07, 6.45) is -3.50. The van der Waals surface area contributed by atoms with Crippen molar-refractivity contribution in [3.8, 4) is 11.3 Å². The molecule has 1 aromatic heterocycles. The quantitative estimate of drug-likeness (QED) is 0.718. The van der Waals surface area contributed by atoms with Crippen molar-refractivity contribution >= 4 is 0 Å². The highest BCUT2D eigenvalue weighted by Gasteiger charge is 2.30. The average molecular weight is 222 g/mol. The first-order valence-electron chi connectivity index (χ1n) is 4.57. The second kappa shape index (κ2) is 3.96. The molecule has 2 aromatic rings. The molecule has 81 valence electrons.